The Bertz CT molecular complexity index is 599. The Morgan fingerprint density at radius 1 is 1.27 bits per heavy atom. The smallest absolute Gasteiger partial charge is 0.227 e. The van der Waals surface area contributed by atoms with Crippen LogP contribution in [0, 0.1) is 0 Å². The fourth-order valence-electron chi connectivity index (χ4n) is 2.41. The fraction of sp³-hybridized carbons (Fsp3) is 0.333. The predicted molar refractivity (Wildman–Crippen MR) is 86.7 cm³/mol. The molecule has 1 heterocycles. The summed E-state index contributed by atoms with van der Waals surface area (Å²) in [6.07, 6.45) is 3.49. The van der Waals surface area contributed by atoms with Gasteiger partial charge in [-0.1, -0.05) is 43.7 Å². The summed E-state index contributed by atoms with van der Waals surface area (Å²) in [4.78, 5) is 16.6. The maximum Gasteiger partial charge on any atom is 0.227 e. The highest BCUT2D eigenvalue weighted by Crippen LogP contribution is 2.21. The van der Waals surface area contributed by atoms with Gasteiger partial charge < -0.3 is 10.1 Å². The Labute approximate surface area is 131 Å². The van der Waals surface area contributed by atoms with Crippen LogP contribution < -0.4 is 10.1 Å². The van der Waals surface area contributed by atoms with Gasteiger partial charge in [0.25, 0.3) is 0 Å². The number of rotatable bonds is 7. The molecule has 4 nitrogen and oxygen atoms in total. The molecule has 0 saturated heterocycles. The fourth-order valence-corrected chi connectivity index (χ4v) is 2.41. The van der Waals surface area contributed by atoms with Gasteiger partial charge in [-0.25, -0.2) is 4.98 Å². The Balaban J connectivity index is 2.02. The van der Waals surface area contributed by atoms with Crippen LogP contribution in [0.4, 0.5) is 0 Å². The number of benzene rings is 1. The molecule has 0 aliphatic carbocycles. The quantitative estimate of drug-likeness (QED) is 0.853. The zero-order valence-corrected chi connectivity index (χ0v) is 13.1. The number of pyridine rings is 1. The van der Waals surface area contributed by atoms with Crippen molar-refractivity contribution in [2.24, 2.45) is 0 Å². The van der Waals surface area contributed by atoms with E-state index in [0.717, 1.165) is 24.0 Å². The first-order valence-corrected chi connectivity index (χ1v) is 7.56. The van der Waals surface area contributed by atoms with Crippen LogP contribution in [0.15, 0.2) is 48.7 Å². The lowest BCUT2D eigenvalue weighted by molar-refractivity contribution is -0.122. The minimum atomic E-state index is -0.102. The Kier molecular flexibility index (Phi) is 5.95. The lowest BCUT2D eigenvalue weighted by atomic mass is 9.93. The number of aromatic nitrogens is 1. The van der Waals surface area contributed by atoms with Crippen LogP contribution in [0.3, 0.4) is 0 Å². The van der Waals surface area contributed by atoms with Gasteiger partial charge in [-0.05, 0) is 23.6 Å². The van der Waals surface area contributed by atoms with Gasteiger partial charge in [-0.3, -0.25) is 4.79 Å². The van der Waals surface area contributed by atoms with E-state index in [1.165, 1.54) is 0 Å². The summed E-state index contributed by atoms with van der Waals surface area (Å²) in [7, 11) is 1.58. The van der Waals surface area contributed by atoms with Crippen LogP contribution in [-0.2, 0) is 11.3 Å². The van der Waals surface area contributed by atoms with E-state index in [4.69, 9.17) is 4.74 Å². The first-order chi connectivity index (χ1) is 10.7. The van der Waals surface area contributed by atoms with Crippen molar-refractivity contribution in [2.45, 2.75) is 32.2 Å². The number of hydrogen-bond donors (Lipinski definition) is 1. The average Bonchev–Trinajstić information content (AvgIpc) is 2.58. The van der Waals surface area contributed by atoms with Gasteiger partial charge in [-0.2, -0.15) is 0 Å². The molecule has 2 rings (SSSR count). The molecule has 1 unspecified atom stereocenters. The summed E-state index contributed by atoms with van der Waals surface area (Å²) in [5, 5.41) is 3.01. The number of carbonyl (C=O) groups is 1. The Hall–Kier alpha value is -2.36. The average molecular weight is 298 g/mol. The zero-order valence-electron chi connectivity index (χ0n) is 13.1. The van der Waals surface area contributed by atoms with Crippen molar-refractivity contribution < 1.29 is 9.53 Å². The van der Waals surface area contributed by atoms with Gasteiger partial charge >= 0.3 is 0 Å². The van der Waals surface area contributed by atoms with E-state index in [0.29, 0.717) is 12.4 Å². The second-order valence-corrected chi connectivity index (χ2v) is 5.18. The number of methoxy groups -OCH3 is 1. The third kappa shape index (κ3) is 4.32. The first-order valence-electron chi connectivity index (χ1n) is 7.56. The molecule has 0 bridgehead atoms. The lowest BCUT2D eigenvalue weighted by Crippen LogP contribution is -2.29. The van der Waals surface area contributed by atoms with Crippen LogP contribution in [0.5, 0.6) is 5.88 Å². The van der Waals surface area contributed by atoms with Gasteiger partial charge in [0.15, 0.2) is 0 Å². The molecule has 1 atom stereocenters. The molecule has 2 aromatic rings. The lowest BCUT2D eigenvalue weighted by Gasteiger charge is -2.16. The van der Waals surface area contributed by atoms with Crippen LogP contribution in [0.25, 0.3) is 0 Å². The molecule has 0 radical (unpaired) electrons. The van der Waals surface area contributed by atoms with Crippen molar-refractivity contribution in [3.63, 3.8) is 0 Å². The van der Waals surface area contributed by atoms with Crippen molar-refractivity contribution in [2.75, 3.05) is 7.11 Å². The molecular formula is C18H22N2O2. The highest BCUT2D eigenvalue weighted by molar-refractivity contribution is 5.83. The Morgan fingerprint density at radius 2 is 2.05 bits per heavy atom. The van der Waals surface area contributed by atoms with Gasteiger partial charge in [-0.15, -0.1) is 0 Å². The van der Waals surface area contributed by atoms with E-state index < -0.39 is 0 Å². The summed E-state index contributed by atoms with van der Waals surface area (Å²) in [5.41, 5.74) is 2.04. The van der Waals surface area contributed by atoms with Crippen LogP contribution in [0.2, 0.25) is 0 Å². The van der Waals surface area contributed by atoms with Crippen molar-refractivity contribution in [3.8, 4) is 5.88 Å². The summed E-state index contributed by atoms with van der Waals surface area (Å²) in [5.74, 6) is 0.513. The first kappa shape index (κ1) is 16.0. The second-order valence-electron chi connectivity index (χ2n) is 5.18. The number of amides is 1. The standard InChI is InChI=1S/C18H22N2O2/c1-3-7-16(15-8-5-4-6-9-15)18(21)20-13-14-10-11-19-17(12-14)22-2/h4-6,8-12,16H,3,7,13H2,1-2H3,(H,20,21). The predicted octanol–water partition coefficient (Wildman–Crippen LogP) is 3.29. The van der Waals surface area contributed by atoms with Gasteiger partial charge in [0.1, 0.15) is 0 Å². The molecule has 1 N–H and O–H groups in total. The van der Waals surface area contributed by atoms with Crippen molar-refractivity contribution in [3.05, 3.63) is 59.8 Å². The maximum absolute atomic E-state index is 12.5. The molecule has 1 aromatic heterocycles. The van der Waals surface area contributed by atoms with Gasteiger partial charge in [0.05, 0.1) is 13.0 Å². The van der Waals surface area contributed by atoms with E-state index in [2.05, 4.69) is 17.2 Å². The molecule has 22 heavy (non-hydrogen) atoms. The number of hydrogen-bond acceptors (Lipinski definition) is 3. The molecule has 0 aliphatic rings. The highest BCUT2D eigenvalue weighted by Gasteiger charge is 2.19. The number of nitrogens with zero attached hydrogens (tertiary/aromatic N) is 1. The molecule has 0 fully saturated rings. The van der Waals surface area contributed by atoms with Crippen LogP contribution >= 0.6 is 0 Å². The minimum Gasteiger partial charge on any atom is -0.481 e. The van der Waals surface area contributed by atoms with Crippen molar-refractivity contribution in [1.82, 2.24) is 10.3 Å². The molecule has 1 aromatic carbocycles. The minimum absolute atomic E-state index is 0.0591. The summed E-state index contributed by atoms with van der Waals surface area (Å²) in [6.45, 7) is 2.57. The molecule has 0 saturated carbocycles. The van der Waals surface area contributed by atoms with Gasteiger partial charge in [0, 0.05) is 18.8 Å². The maximum atomic E-state index is 12.5. The topological polar surface area (TPSA) is 51.2 Å². The van der Waals surface area contributed by atoms with E-state index in [-0.39, 0.29) is 11.8 Å². The zero-order chi connectivity index (χ0) is 15.8. The normalized spacial score (nSPS) is 11.7. The molecule has 116 valence electrons. The largest absolute Gasteiger partial charge is 0.481 e. The van der Waals surface area contributed by atoms with E-state index in [9.17, 15) is 4.79 Å². The van der Waals surface area contributed by atoms with E-state index >= 15 is 0 Å². The number of nitrogens with one attached hydrogen (secondary N) is 1. The van der Waals surface area contributed by atoms with E-state index in [1.807, 2.05) is 42.5 Å². The van der Waals surface area contributed by atoms with Crippen molar-refractivity contribution >= 4 is 5.91 Å². The second kappa shape index (κ2) is 8.17. The Morgan fingerprint density at radius 3 is 2.73 bits per heavy atom. The van der Waals surface area contributed by atoms with Crippen molar-refractivity contribution in [1.29, 1.82) is 0 Å². The molecule has 0 aliphatic heterocycles. The summed E-state index contributed by atoms with van der Waals surface area (Å²) in [6, 6.07) is 13.6. The molecule has 0 spiro atoms. The van der Waals surface area contributed by atoms with E-state index in [1.54, 1.807) is 13.3 Å². The van der Waals surface area contributed by atoms with Gasteiger partial charge in [0.2, 0.25) is 11.8 Å². The highest BCUT2D eigenvalue weighted by atomic mass is 16.5. The number of ether oxygens (including phenoxy) is 1. The van der Waals surface area contributed by atoms with Crippen LogP contribution in [0.1, 0.15) is 36.8 Å². The SMILES string of the molecule is CCCC(C(=O)NCc1ccnc(OC)c1)c1ccccc1. The third-order valence-electron chi connectivity index (χ3n) is 3.57. The number of carbonyl (C=O) groups excluding carboxylic acids is 1. The van der Waals surface area contributed by atoms with Crippen LogP contribution in [-0.4, -0.2) is 18.0 Å². The molecule has 1 amide bonds. The third-order valence-corrected chi connectivity index (χ3v) is 3.57. The molecular weight excluding hydrogens is 276 g/mol. The summed E-state index contributed by atoms with van der Waals surface area (Å²) < 4.78 is 5.09. The summed E-state index contributed by atoms with van der Waals surface area (Å²) >= 11 is 0. The molecule has 4 heteroatoms. The monoisotopic (exact) mass is 298 g/mol.